The quantitative estimate of drug-likeness (QED) is 0.549. The van der Waals surface area contributed by atoms with Crippen molar-refractivity contribution in [3.8, 4) is 6.07 Å². The van der Waals surface area contributed by atoms with Crippen molar-refractivity contribution in [2.75, 3.05) is 42.5 Å². The van der Waals surface area contributed by atoms with Gasteiger partial charge in [0.15, 0.2) is 0 Å². The lowest BCUT2D eigenvalue weighted by Gasteiger charge is -2.40. The van der Waals surface area contributed by atoms with E-state index in [0.29, 0.717) is 11.6 Å². The van der Waals surface area contributed by atoms with Crippen molar-refractivity contribution >= 4 is 22.3 Å². The summed E-state index contributed by atoms with van der Waals surface area (Å²) >= 11 is 0. The van der Waals surface area contributed by atoms with E-state index in [0.717, 1.165) is 79.2 Å². The number of morpholine rings is 1. The average molecular weight is 487 g/mol. The zero-order valence-electron chi connectivity index (χ0n) is 21.0. The SMILES string of the molecule is Cc1cc(N2CCCC(NCC3CN(c4ccc(C#N)c5ncccc45)CC(C)O3)C2)cc(CO)n1. The van der Waals surface area contributed by atoms with Crippen LogP contribution in [0.2, 0.25) is 0 Å². The van der Waals surface area contributed by atoms with E-state index in [1.54, 1.807) is 6.20 Å². The monoisotopic (exact) mass is 486 g/mol. The molecule has 2 aliphatic heterocycles. The molecule has 2 saturated heterocycles. The predicted octanol–water partition coefficient (Wildman–Crippen LogP) is 3.15. The third-order valence-electron chi connectivity index (χ3n) is 7.11. The number of aliphatic hydroxyl groups excluding tert-OH is 1. The number of hydrogen-bond acceptors (Lipinski definition) is 8. The molecule has 0 spiro atoms. The summed E-state index contributed by atoms with van der Waals surface area (Å²) in [6.07, 6.45) is 4.16. The van der Waals surface area contributed by atoms with Crippen molar-refractivity contribution in [2.45, 2.75) is 51.5 Å². The number of aromatic nitrogens is 2. The van der Waals surface area contributed by atoms with Gasteiger partial charge in [-0.05, 0) is 63.1 Å². The van der Waals surface area contributed by atoms with Crippen molar-refractivity contribution in [3.05, 3.63) is 59.5 Å². The second-order valence-electron chi connectivity index (χ2n) is 9.93. The maximum Gasteiger partial charge on any atom is 0.101 e. The number of rotatable bonds is 6. The molecule has 4 heterocycles. The first-order valence-electron chi connectivity index (χ1n) is 12.8. The van der Waals surface area contributed by atoms with Crippen molar-refractivity contribution in [1.82, 2.24) is 15.3 Å². The lowest BCUT2D eigenvalue weighted by molar-refractivity contribution is -0.0159. The summed E-state index contributed by atoms with van der Waals surface area (Å²) in [5.74, 6) is 0. The molecule has 2 aliphatic rings. The fraction of sp³-hybridized carbons (Fsp3) is 0.464. The van der Waals surface area contributed by atoms with Gasteiger partial charge >= 0.3 is 0 Å². The molecule has 3 aromatic rings. The first-order chi connectivity index (χ1) is 17.5. The molecule has 2 fully saturated rings. The fourth-order valence-electron chi connectivity index (χ4n) is 5.54. The Bertz CT molecular complexity index is 1260. The minimum absolute atomic E-state index is 0.0392. The van der Waals surface area contributed by atoms with Crippen molar-refractivity contribution in [1.29, 1.82) is 5.26 Å². The van der Waals surface area contributed by atoms with Gasteiger partial charge in [-0.1, -0.05) is 0 Å². The Morgan fingerprint density at radius 2 is 2.08 bits per heavy atom. The molecule has 5 rings (SSSR count). The lowest BCUT2D eigenvalue weighted by atomic mass is 10.0. The van der Waals surface area contributed by atoms with Gasteiger partial charge in [-0.25, -0.2) is 0 Å². The van der Waals surface area contributed by atoms with Crippen LogP contribution in [0.3, 0.4) is 0 Å². The molecule has 0 saturated carbocycles. The van der Waals surface area contributed by atoms with Gasteiger partial charge in [0.25, 0.3) is 0 Å². The zero-order valence-corrected chi connectivity index (χ0v) is 21.0. The molecule has 1 aromatic carbocycles. The highest BCUT2D eigenvalue weighted by Gasteiger charge is 2.28. The predicted molar refractivity (Wildman–Crippen MR) is 141 cm³/mol. The molecule has 36 heavy (non-hydrogen) atoms. The number of hydrogen-bond donors (Lipinski definition) is 2. The van der Waals surface area contributed by atoms with Gasteiger partial charge in [0, 0.05) is 67.4 Å². The van der Waals surface area contributed by atoms with Gasteiger partial charge < -0.3 is 25.0 Å². The van der Waals surface area contributed by atoms with Crippen LogP contribution in [0.25, 0.3) is 10.9 Å². The van der Waals surface area contributed by atoms with E-state index < -0.39 is 0 Å². The summed E-state index contributed by atoms with van der Waals surface area (Å²) in [7, 11) is 0. The molecule has 8 nitrogen and oxygen atoms in total. The summed E-state index contributed by atoms with van der Waals surface area (Å²) < 4.78 is 6.32. The maximum atomic E-state index is 9.55. The Kier molecular flexibility index (Phi) is 7.33. The number of benzene rings is 1. The topological polar surface area (TPSA) is 97.5 Å². The number of nitrogens with zero attached hydrogens (tertiary/aromatic N) is 5. The number of anilines is 2. The highest BCUT2D eigenvalue weighted by molar-refractivity contribution is 5.95. The molecular weight excluding hydrogens is 452 g/mol. The Morgan fingerprint density at radius 3 is 2.92 bits per heavy atom. The van der Waals surface area contributed by atoms with Crippen molar-refractivity contribution < 1.29 is 9.84 Å². The first-order valence-corrected chi connectivity index (χ1v) is 12.8. The number of ether oxygens (including phenoxy) is 1. The van der Waals surface area contributed by atoms with E-state index in [2.05, 4.69) is 44.1 Å². The largest absolute Gasteiger partial charge is 0.390 e. The number of pyridine rings is 2. The van der Waals surface area contributed by atoms with Gasteiger partial charge in [-0.15, -0.1) is 0 Å². The van der Waals surface area contributed by atoms with E-state index >= 15 is 0 Å². The molecular formula is C28H34N6O2. The average Bonchev–Trinajstić information content (AvgIpc) is 2.90. The van der Waals surface area contributed by atoms with Crippen LogP contribution in [0.5, 0.6) is 0 Å². The molecule has 2 aromatic heterocycles. The zero-order chi connectivity index (χ0) is 25.1. The molecule has 0 radical (unpaired) electrons. The molecule has 188 valence electrons. The second-order valence-corrected chi connectivity index (χ2v) is 9.93. The second kappa shape index (κ2) is 10.8. The molecule has 2 N–H and O–H groups in total. The number of nitrogens with one attached hydrogen (secondary N) is 1. The van der Waals surface area contributed by atoms with E-state index in [-0.39, 0.29) is 18.8 Å². The van der Waals surface area contributed by atoms with Crippen molar-refractivity contribution in [3.63, 3.8) is 0 Å². The third kappa shape index (κ3) is 5.29. The van der Waals surface area contributed by atoms with Gasteiger partial charge in [-0.2, -0.15) is 5.26 Å². The molecule has 3 unspecified atom stereocenters. The molecule has 3 atom stereocenters. The van der Waals surface area contributed by atoms with Crippen LogP contribution < -0.4 is 15.1 Å². The van der Waals surface area contributed by atoms with Gasteiger partial charge in [0.2, 0.25) is 0 Å². The van der Waals surface area contributed by atoms with Crippen LogP contribution in [0.15, 0.2) is 42.6 Å². The summed E-state index contributed by atoms with van der Waals surface area (Å²) in [5, 5.41) is 23.8. The summed E-state index contributed by atoms with van der Waals surface area (Å²) in [6.45, 7) is 8.36. The Morgan fingerprint density at radius 1 is 1.19 bits per heavy atom. The maximum absolute atomic E-state index is 9.55. The molecule has 0 aliphatic carbocycles. The Labute approximate surface area is 212 Å². The van der Waals surface area contributed by atoms with Crippen LogP contribution in [0.4, 0.5) is 11.4 Å². The number of aliphatic hydroxyl groups is 1. The number of fused-ring (bicyclic) bond motifs is 1. The van der Waals surface area contributed by atoms with Crippen molar-refractivity contribution in [2.24, 2.45) is 0 Å². The summed E-state index contributed by atoms with van der Waals surface area (Å²) in [4.78, 5) is 13.6. The summed E-state index contributed by atoms with van der Waals surface area (Å²) in [6, 6.07) is 14.6. The van der Waals surface area contributed by atoms with Gasteiger partial charge in [-0.3, -0.25) is 9.97 Å². The summed E-state index contributed by atoms with van der Waals surface area (Å²) in [5.41, 5.74) is 5.24. The minimum atomic E-state index is -0.0392. The van der Waals surface area contributed by atoms with Crippen LogP contribution >= 0.6 is 0 Å². The highest BCUT2D eigenvalue weighted by Crippen LogP contribution is 2.30. The van der Waals surface area contributed by atoms with E-state index in [9.17, 15) is 10.4 Å². The van der Waals surface area contributed by atoms with Crippen LogP contribution in [-0.2, 0) is 11.3 Å². The Balaban J connectivity index is 1.25. The number of aryl methyl sites for hydroxylation is 1. The fourth-order valence-corrected chi connectivity index (χ4v) is 5.54. The lowest BCUT2D eigenvalue weighted by Crippen LogP contribution is -2.53. The van der Waals surface area contributed by atoms with E-state index in [1.807, 2.05) is 37.3 Å². The highest BCUT2D eigenvalue weighted by atomic mass is 16.5. The van der Waals surface area contributed by atoms with Crippen LogP contribution in [-0.4, -0.2) is 66.0 Å². The molecule has 8 heteroatoms. The van der Waals surface area contributed by atoms with Crippen LogP contribution in [0.1, 0.15) is 36.7 Å². The van der Waals surface area contributed by atoms with Gasteiger partial charge in [0.1, 0.15) is 6.07 Å². The Hall–Kier alpha value is -3.25. The van der Waals surface area contributed by atoms with Gasteiger partial charge in [0.05, 0.1) is 35.6 Å². The molecule has 0 amide bonds. The molecule has 0 bridgehead atoms. The third-order valence-corrected chi connectivity index (χ3v) is 7.11. The minimum Gasteiger partial charge on any atom is -0.390 e. The van der Waals surface area contributed by atoms with E-state index in [4.69, 9.17) is 4.74 Å². The first kappa shape index (κ1) is 24.4. The van der Waals surface area contributed by atoms with Crippen LogP contribution in [0, 0.1) is 18.3 Å². The standard InChI is InChI=1S/C28H34N6O2/c1-19-11-24(12-23(18-35)32-19)33-10-4-5-22(16-33)31-14-25-17-34(15-20(2)36-25)27-8-7-21(13-29)28-26(27)6-3-9-30-28/h3,6-9,11-12,20,22,25,31,35H,4-5,10,14-18H2,1-2H3. The number of piperidine rings is 1. The normalized spacial score (nSPS) is 22.6. The number of nitriles is 1. The smallest absolute Gasteiger partial charge is 0.101 e. The van der Waals surface area contributed by atoms with E-state index in [1.165, 1.54) is 0 Å².